The lowest BCUT2D eigenvalue weighted by Gasteiger charge is -2.29. The van der Waals surface area contributed by atoms with Gasteiger partial charge in [-0.15, -0.1) is 0 Å². The van der Waals surface area contributed by atoms with Gasteiger partial charge in [-0.1, -0.05) is 43.7 Å². The predicted octanol–water partition coefficient (Wildman–Crippen LogP) is 3.08. The minimum absolute atomic E-state index is 0.00618. The van der Waals surface area contributed by atoms with Gasteiger partial charge in [0.05, 0.1) is 6.26 Å². The van der Waals surface area contributed by atoms with Gasteiger partial charge in [0, 0.05) is 32.7 Å². The van der Waals surface area contributed by atoms with E-state index in [1.54, 1.807) is 12.1 Å². The molecule has 0 saturated carbocycles. The Labute approximate surface area is 172 Å². The quantitative estimate of drug-likeness (QED) is 0.814. The number of hydrogen-bond acceptors (Lipinski definition) is 4. The third-order valence-corrected chi connectivity index (χ3v) is 5.39. The Morgan fingerprint density at radius 3 is 2.48 bits per heavy atom. The first-order valence-electron chi connectivity index (χ1n) is 10.3. The molecular weight excluding hydrogens is 366 g/mol. The van der Waals surface area contributed by atoms with Crippen molar-refractivity contribution in [3.63, 3.8) is 0 Å². The van der Waals surface area contributed by atoms with Crippen molar-refractivity contribution in [2.45, 2.75) is 39.8 Å². The van der Waals surface area contributed by atoms with E-state index in [4.69, 9.17) is 4.42 Å². The molecule has 1 fully saturated rings. The van der Waals surface area contributed by atoms with Crippen LogP contribution in [0, 0.1) is 12.8 Å². The zero-order valence-electron chi connectivity index (χ0n) is 17.6. The molecule has 0 bridgehead atoms. The monoisotopic (exact) mass is 397 g/mol. The van der Waals surface area contributed by atoms with E-state index in [0.717, 1.165) is 26.1 Å². The third-order valence-electron chi connectivity index (χ3n) is 5.39. The SMILES string of the molecule is Cc1ccc(CN2CCCN(C(=O)C(NC(=O)c3ccco3)C(C)C)CC2)cc1. The summed E-state index contributed by atoms with van der Waals surface area (Å²) < 4.78 is 5.16. The van der Waals surface area contributed by atoms with E-state index in [1.165, 1.54) is 17.4 Å². The highest BCUT2D eigenvalue weighted by Gasteiger charge is 2.30. The molecule has 6 heteroatoms. The highest BCUT2D eigenvalue weighted by molar-refractivity contribution is 5.95. The molecule has 0 spiro atoms. The molecule has 3 rings (SSSR count). The first kappa shape index (κ1) is 21.1. The minimum atomic E-state index is -0.559. The summed E-state index contributed by atoms with van der Waals surface area (Å²) in [5, 5.41) is 2.86. The molecule has 1 aliphatic rings. The van der Waals surface area contributed by atoms with Crippen molar-refractivity contribution in [2.24, 2.45) is 5.92 Å². The van der Waals surface area contributed by atoms with Gasteiger partial charge in [-0.2, -0.15) is 0 Å². The van der Waals surface area contributed by atoms with E-state index in [9.17, 15) is 9.59 Å². The number of carbonyl (C=O) groups is 2. The van der Waals surface area contributed by atoms with Gasteiger partial charge in [-0.25, -0.2) is 0 Å². The minimum Gasteiger partial charge on any atom is -0.459 e. The second-order valence-electron chi connectivity index (χ2n) is 8.11. The zero-order chi connectivity index (χ0) is 20.8. The Morgan fingerprint density at radius 2 is 1.83 bits per heavy atom. The number of furan rings is 1. The maximum absolute atomic E-state index is 13.2. The number of hydrogen-bond donors (Lipinski definition) is 1. The molecule has 2 heterocycles. The summed E-state index contributed by atoms with van der Waals surface area (Å²) in [6, 6.07) is 11.3. The Kier molecular flexibility index (Phi) is 7.09. The number of rotatable bonds is 6. The molecule has 1 aliphatic heterocycles. The van der Waals surface area contributed by atoms with Gasteiger partial charge in [0.15, 0.2) is 5.76 Å². The molecule has 1 aromatic heterocycles. The Hall–Kier alpha value is -2.60. The third kappa shape index (κ3) is 5.70. The lowest BCUT2D eigenvalue weighted by Crippen LogP contribution is -2.52. The summed E-state index contributed by atoms with van der Waals surface area (Å²) in [4.78, 5) is 29.8. The van der Waals surface area contributed by atoms with Crippen molar-refractivity contribution in [3.8, 4) is 0 Å². The molecule has 1 N–H and O–H groups in total. The van der Waals surface area contributed by atoms with Gasteiger partial charge in [0.2, 0.25) is 5.91 Å². The second kappa shape index (κ2) is 9.74. The largest absolute Gasteiger partial charge is 0.459 e. The molecule has 1 aromatic carbocycles. The van der Waals surface area contributed by atoms with Crippen LogP contribution < -0.4 is 5.32 Å². The van der Waals surface area contributed by atoms with Gasteiger partial charge in [-0.05, 0) is 37.0 Å². The average Bonchev–Trinajstić information content (AvgIpc) is 3.14. The first-order valence-corrected chi connectivity index (χ1v) is 10.3. The van der Waals surface area contributed by atoms with Crippen molar-refractivity contribution in [1.29, 1.82) is 0 Å². The van der Waals surface area contributed by atoms with Crippen LogP contribution in [0.3, 0.4) is 0 Å². The van der Waals surface area contributed by atoms with Crippen LogP contribution in [-0.2, 0) is 11.3 Å². The maximum atomic E-state index is 13.2. The van der Waals surface area contributed by atoms with Crippen molar-refractivity contribution >= 4 is 11.8 Å². The summed E-state index contributed by atoms with van der Waals surface area (Å²) in [5.41, 5.74) is 2.55. The first-order chi connectivity index (χ1) is 13.9. The van der Waals surface area contributed by atoms with Crippen LogP contribution in [0.5, 0.6) is 0 Å². The molecule has 156 valence electrons. The summed E-state index contributed by atoms with van der Waals surface area (Å²) in [5.74, 6) is -0.146. The van der Waals surface area contributed by atoms with Crippen molar-refractivity contribution in [1.82, 2.24) is 15.1 Å². The normalized spacial score (nSPS) is 16.5. The van der Waals surface area contributed by atoms with Crippen LogP contribution in [0.15, 0.2) is 47.1 Å². The number of amides is 2. The number of nitrogens with zero attached hydrogens (tertiary/aromatic N) is 2. The van der Waals surface area contributed by atoms with Crippen LogP contribution in [0.1, 0.15) is 41.9 Å². The fourth-order valence-corrected chi connectivity index (χ4v) is 3.63. The number of nitrogens with one attached hydrogen (secondary N) is 1. The standard InChI is InChI=1S/C23H31N3O3/c1-17(2)21(24-22(27)20-6-4-15-29-20)23(28)26-12-5-11-25(13-14-26)16-19-9-7-18(3)8-10-19/h4,6-10,15,17,21H,5,11-14,16H2,1-3H3,(H,24,27). The van der Waals surface area contributed by atoms with Gasteiger partial charge in [0.1, 0.15) is 6.04 Å². The number of carbonyl (C=O) groups excluding carboxylic acids is 2. The van der Waals surface area contributed by atoms with Crippen molar-refractivity contribution in [3.05, 3.63) is 59.5 Å². The molecule has 1 unspecified atom stereocenters. The van der Waals surface area contributed by atoms with Crippen molar-refractivity contribution in [2.75, 3.05) is 26.2 Å². The maximum Gasteiger partial charge on any atom is 0.287 e. The summed E-state index contributed by atoms with van der Waals surface area (Å²) in [6.07, 6.45) is 2.38. The molecule has 1 saturated heterocycles. The fourth-order valence-electron chi connectivity index (χ4n) is 3.63. The Balaban J connectivity index is 1.59. The van der Waals surface area contributed by atoms with E-state index in [0.29, 0.717) is 13.1 Å². The number of benzene rings is 1. The summed E-state index contributed by atoms with van der Waals surface area (Å²) >= 11 is 0. The average molecular weight is 398 g/mol. The van der Waals surface area contributed by atoms with Crippen LogP contribution >= 0.6 is 0 Å². The molecular formula is C23H31N3O3. The molecule has 29 heavy (non-hydrogen) atoms. The number of aryl methyl sites for hydroxylation is 1. The summed E-state index contributed by atoms with van der Waals surface area (Å²) in [6.45, 7) is 10.1. The molecule has 6 nitrogen and oxygen atoms in total. The smallest absolute Gasteiger partial charge is 0.287 e. The van der Waals surface area contributed by atoms with E-state index in [-0.39, 0.29) is 23.5 Å². The second-order valence-corrected chi connectivity index (χ2v) is 8.11. The van der Waals surface area contributed by atoms with Crippen LogP contribution in [0.2, 0.25) is 0 Å². The van der Waals surface area contributed by atoms with E-state index in [1.807, 2.05) is 18.7 Å². The van der Waals surface area contributed by atoms with E-state index >= 15 is 0 Å². The highest BCUT2D eigenvalue weighted by Crippen LogP contribution is 2.14. The molecule has 0 aliphatic carbocycles. The fraction of sp³-hybridized carbons (Fsp3) is 0.478. The zero-order valence-corrected chi connectivity index (χ0v) is 17.6. The van der Waals surface area contributed by atoms with Crippen LogP contribution in [0.25, 0.3) is 0 Å². The van der Waals surface area contributed by atoms with Gasteiger partial charge >= 0.3 is 0 Å². The van der Waals surface area contributed by atoms with Crippen LogP contribution in [-0.4, -0.2) is 53.8 Å². The summed E-state index contributed by atoms with van der Waals surface area (Å²) in [7, 11) is 0. The highest BCUT2D eigenvalue weighted by atomic mass is 16.3. The molecule has 0 radical (unpaired) electrons. The van der Waals surface area contributed by atoms with Crippen LogP contribution in [0.4, 0.5) is 0 Å². The molecule has 2 aromatic rings. The predicted molar refractivity (Wildman–Crippen MR) is 112 cm³/mol. The van der Waals surface area contributed by atoms with Gasteiger partial charge in [-0.3, -0.25) is 14.5 Å². The molecule has 2 amide bonds. The van der Waals surface area contributed by atoms with Gasteiger partial charge in [0.25, 0.3) is 5.91 Å². The Bertz CT molecular complexity index is 799. The van der Waals surface area contributed by atoms with Crippen molar-refractivity contribution < 1.29 is 14.0 Å². The van der Waals surface area contributed by atoms with E-state index in [2.05, 4.69) is 41.4 Å². The lowest BCUT2D eigenvalue weighted by molar-refractivity contribution is -0.134. The lowest BCUT2D eigenvalue weighted by atomic mass is 10.0. The van der Waals surface area contributed by atoms with Gasteiger partial charge < -0.3 is 14.6 Å². The molecule has 1 atom stereocenters. The topological polar surface area (TPSA) is 65.8 Å². The Morgan fingerprint density at radius 1 is 1.07 bits per heavy atom. The van der Waals surface area contributed by atoms with E-state index < -0.39 is 6.04 Å².